The summed E-state index contributed by atoms with van der Waals surface area (Å²) in [5.74, 6) is -0.826. The maximum atomic E-state index is 12.1. The van der Waals surface area contributed by atoms with Crippen LogP contribution in [0.3, 0.4) is 0 Å². The fourth-order valence-corrected chi connectivity index (χ4v) is 5.84. The summed E-state index contributed by atoms with van der Waals surface area (Å²) in [6.45, 7) is -1.02. The molecular formula is C17H23N5O15P2-2. The van der Waals surface area contributed by atoms with Gasteiger partial charge in [-0.3, -0.25) is 18.5 Å². The van der Waals surface area contributed by atoms with Gasteiger partial charge >= 0.3 is 5.97 Å². The average Bonchev–Trinajstić information content (AvgIpc) is 3.47. The molecule has 39 heavy (non-hydrogen) atoms. The predicted molar refractivity (Wildman–Crippen MR) is 116 cm³/mol. The van der Waals surface area contributed by atoms with Crippen molar-refractivity contribution in [2.24, 2.45) is 0 Å². The highest BCUT2D eigenvalue weighted by atomic mass is 31.3. The zero-order valence-corrected chi connectivity index (χ0v) is 21.5. The number of fused-ring (bicyclic) bond motifs is 1. The number of hydrogen-bond acceptors (Lipinski definition) is 19. The highest BCUT2D eigenvalue weighted by molar-refractivity contribution is 7.59. The maximum Gasteiger partial charge on any atom is 0.303 e. The highest BCUT2D eigenvalue weighted by Gasteiger charge is 2.47. The average molecular weight is 599 g/mol. The molecule has 2 aliphatic heterocycles. The number of imidazole rings is 1. The first-order valence-electron chi connectivity index (χ1n) is 10.9. The van der Waals surface area contributed by atoms with Crippen LogP contribution >= 0.6 is 15.6 Å². The van der Waals surface area contributed by atoms with Crippen LogP contribution in [0.25, 0.3) is 11.2 Å². The first-order valence-corrected chi connectivity index (χ1v) is 13.9. The molecule has 22 heteroatoms. The Morgan fingerprint density at radius 2 is 1.64 bits per heavy atom. The number of aliphatic hydroxyl groups excluding tert-OH is 4. The lowest BCUT2D eigenvalue weighted by molar-refractivity contribution is -0.247. The molecule has 20 nitrogen and oxygen atoms in total. The van der Waals surface area contributed by atoms with Gasteiger partial charge in [-0.25, -0.2) is 19.3 Å². The van der Waals surface area contributed by atoms with Gasteiger partial charge in [-0.2, -0.15) is 0 Å². The van der Waals surface area contributed by atoms with Gasteiger partial charge in [0.1, 0.15) is 42.4 Å². The number of aliphatic hydroxyl groups is 4. The molecule has 0 aromatic carbocycles. The SMILES string of the molecule is CC(=O)O[C@H]1C(O)O[C@H](COP(=O)([O-])OP(=O)([O-])OC[C@H]2O[C@@H](n3cnc4c(N)ncnc43)[C@H](O)[C@@H]2O)[C@H]1O. The third-order valence-corrected chi connectivity index (χ3v) is 8.14. The minimum absolute atomic E-state index is 0.0368. The molecule has 4 heterocycles. The highest BCUT2D eigenvalue weighted by Crippen LogP contribution is 2.56. The summed E-state index contributed by atoms with van der Waals surface area (Å²) in [4.78, 5) is 46.9. The van der Waals surface area contributed by atoms with E-state index in [0.29, 0.717) is 0 Å². The first kappa shape index (κ1) is 29.8. The number of nitrogens with two attached hydrogens (primary N) is 1. The second-order valence-corrected chi connectivity index (χ2v) is 11.3. The Labute approximate surface area is 218 Å². The van der Waals surface area contributed by atoms with Crippen LogP contribution in [0.15, 0.2) is 12.7 Å². The number of carbonyl (C=O) groups is 1. The van der Waals surface area contributed by atoms with Gasteiger partial charge in [-0.1, -0.05) is 0 Å². The van der Waals surface area contributed by atoms with E-state index in [4.69, 9.17) is 15.2 Å². The summed E-state index contributed by atoms with van der Waals surface area (Å²) in [5.41, 5.74) is 6.03. The zero-order valence-electron chi connectivity index (χ0n) is 19.7. The fourth-order valence-electron chi connectivity index (χ4n) is 3.83. The monoisotopic (exact) mass is 599 g/mol. The van der Waals surface area contributed by atoms with Gasteiger partial charge in [0.25, 0.3) is 15.6 Å². The molecule has 0 spiro atoms. The molecule has 0 radical (unpaired) electrons. The minimum Gasteiger partial charge on any atom is -0.756 e. The van der Waals surface area contributed by atoms with Crippen molar-refractivity contribution >= 4 is 38.6 Å². The third-order valence-electron chi connectivity index (χ3n) is 5.61. The van der Waals surface area contributed by atoms with Crippen molar-refractivity contribution < 1.29 is 71.7 Å². The standard InChI is InChI=1S/C17H25N5O15P2/c1-6(23)34-13-11(25)8(36-17(13)27)3-33-39(30,31)37-38(28,29)32-2-7-10(24)12(26)16(35-7)22-5-21-9-14(18)19-4-20-15(9)22/h4-5,7-8,10-13,16-17,24-27H,2-3H2,1H3,(H,28,29)(H,30,31)(H2,18,19,20)/p-2/t7-,8-,10-,11-,12-,13-,16-,17?/m1/s1. The Morgan fingerprint density at radius 1 is 1.03 bits per heavy atom. The normalized spacial score (nSPS) is 34.1. The Bertz CT molecular complexity index is 1300. The number of nitrogen functional groups attached to an aromatic ring is 1. The molecule has 4 rings (SSSR count). The van der Waals surface area contributed by atoms with Crippen LogP contribution < -0.4 is 15.5 Å². The van der Waals surface area contributed by atoms with E-state index in [0.717, 1.165) is 13.3 Å². The van der Waals surface area contributed by atoms with Crippen molar-refractivity contribution in [2.45, 2.75) is 56.1 Å². The van der Waals surface area contributed by atoms with Crippen LogP contribution in [0.2, 0.25) is 0 Å². The lowest BCUT2D eigenvalue weighted by Gasteiger charge is -2.32. The first-order chi connectivity index (χ1) is 18.2. The van der Waals surface area contributed by atoms with Crippen molar-refractivity contribution in [3.05, 3.63) is 12.7 Å². The number of carbonyl (C=O) groups excluding carboxylic acids is 1. The molecular weight excluding hydrogens is 576 g/mol. The number of ether oxygens (including phenoxy) is 3. The van der Waals surface area contributed by atoms with Crippen LogP contribution in [0.5, 0.6) is 0 Å². The molecule has 2 aromatic heterocycles. The Hall–Kier alpha value is -2.16. The molecule has 2 saturated heterocycles. The summed E-state index contributed by atoms with van der Waals surface area (Å²) in [6, 6.07) is 0. The van der Waals surface area contributed by atoms with E-state index in [1.54, 1.807) is 0 Å². The van der Waals surface area contributed by atoms with Crippen LogP contribution in [-0.2, 0) is 41.5 Å². The number of nitrogens with zero attached hydrogens (tertiary/aromatic N) is 4. The molecule has 0 bridgehead atoms. The van der Waals surface area contributed by atoms with Gasteiger partial charge in [0.05, 0.1) is 19.5 Å². The van der Waals surface area contributed by atoms with Crippen molar-refractivity contribution in [1.29, 1.82) is 0 Å². The van der Waals surface area contributed by atoms with Gasteiger partial charge < -0.3 is 59.2 Å². The Balaban J connectivity index is 1.32. The van der Waals surface area contributed by atoms with Crippen LogP contribution in [-0.4, -0.2) is 102 Å². The van der Waals surface area contributed by atoms with Gasteiger partial charge in [0.15, 0.2) is 30.1 Å². The topological polar surface area (TPSA) is 303 Å². The Morgan fingerprint density at radius 3 is 2.26 bits per heavy atom. The number of phosphoric ester groups is 2. The smallest absolute Gasteiger partial charge is 0.303 e. The van der Waals surface area contributed by atoms with Crippen molar-refractivity contribution in [1.82, 2.24) is 19.5 Å². The van der Waals surface area contributed by atoms with Gasteiger partial charge in [-0.15, -0.1) is 0 Å². The third kappa shape index (κ3) is 6.60. The number of rotatable bonds is 10. The zero-order chi connectivity index (χ0) is 28.7. The summed E-state index contributed by atoms with van der Waals surface area (Å²) in [7, 11) is -11.3. The van der Waals surface area contributed by atoms with Crippen molar-refractivity contribution in [2.75, 3.05) is 18.9 Å². The van der Waals surface area contributed by atoms with Crippen molar-refractivity contribution in [3.63, 3.8) is 0 Å². The van der Waals surface area contributed by atoms with E-state index in [9.17, 15) is 44.1 Å². The summed E-state index contributed by atoms with van der Waals surface area (Å²) >= 11 is 0. The summed E-state index contributed by atoms with van der Waals surface area (Å²) in [6.07, 6.45) is -10.4. The van der Waals surface area contributed by atoms with Gasteiger partial charge in [0, 0.05) is 6.92 Å². The molecule has 0 saturated carbocycles. The van der Waals surface area contributed by atoms with E-state index in [1.807, 2.05) is 0 Å². The lowest BCUT2D eigenvalue weighted by atomic mass is 10.1. The van der Waals surface area contributed by atoms with Crippen molar-refractivity contribution in [3.8, 4) is 0 Å². The van der Waals surface area contributed by atoms with Crippen LogP contribution in [0.4, 0.5) is 5.82 Å². The summed E-state index contributed by atoms with van der Waals surface area (Å²) < 4.78 is 53.1. The van der Waals surface area contributed by atoms with Gasteiger partial charge in [0.2, 0.25) is 0 Å². The molecule has 2 aliphatic rings. The maximum absolute atomic E-state index is 12.1. The lowest BCUT2D eigenvalue weighted by Crippen LogP contribution is -2.37. The van der Waals surface area contributed by atoms with Gasteiger partial charge in [-0.05, 0) is 0 Å². The number of aromatic nitrogens is 4. The summed E-state index contributed by atoms with van der Waals surface area (Å²) in [5, 5.41) is 40.4. The number of esters is 1. The second-order valence-electron chi connectivity index (χ2n) is 8.33. The molecule has 0 aliphatic carbocycles. The van der Waals surface area contributed by atoms with E-state index in [2.05, 4.69) is 33.0 Å². The largest absolute Gasteiger partial charge is 0.756 e. The molecule has 2 aromatic rings. The molecule has 3 unspecified atom stereocenters. The predicted octanol–water partition coefficient (Wildman–Crippen LogP) is -3.98. The van der Waals surface area contributed by atoms with E-state index in [-0.39, 0.29) is 17.0 Å². The molecule has 2 fully saturated rings. The molecule has 6 N–H and O–H groups in total. The van der Waals surface area contributed by atoms with Crippen LogP contribution in [0.1, 0.15) is 13.2 Å². The number of hydrogen-bond donors (Lipinski definition) is 5. The van der Waals surface area contributed by atoms with Crippen LogP contribution in [0, 0.1) is 0 Å². The quantitative estimate of drug-likeness (QED) is 0.128. The van der Waals surface area contributed by atoms with E-state index in [1.165, 1.54) is 10.9 Å². The molecule has 0 amide bonds. The van der Waals surface area contributed by atoms with E-state index < -0.39 is 84.0 Å². The number of phosphoric acid groups is 2. The fraction of sp³-hybridized carbons (Fsp3) is 0.647. The Kier molecular flexibility index (Phi) is 8.70. The minimum atomic E-state index is -5.66. The molecule has 10 atom stereocenters. The number of anilines is 1. The van der Waals surface area contributed by atoms with E-state index >= 15 is 0 Å². The second kappa shape index (κ2) is 11.4. The molecule has 218 valence electrons.